The molecule has 36 heavy (non-hydrogen) atoms. The fourth-order valence-corrected chi connectivity index (χ4v) is 5.81. The Kier molecular flexibility index (Phi) is 6.75. The molecule has 0 aromatic heterocycles. The number of nitrogens with one attached hydrogen (secondary N) is 1. The van der Waals surface area contributed by atoms with Crippen LogP contribution in [-0.4, -0.2) is 36.5 Å². The predicted octanol–water partition coefficient (Wildman–Crippen LogP) is 6.03. The minimum absolute atomic E-state index is 0.0445. The molecule has 186 valence electrons. The Balaban J connectivity index is 1.64. The number of aryl methyl sites for hydroxylation is 1. The van der Waals surface area contributed by atoms with Gasteiger partial charge in [-0.15, -0.1) is 0 Å². The number of amides is 2. The van der Waals surface area contributed by atoms with E-state index in [1.54, 1.807) is 0 Å². The van der Waals surface area contributed by atoms with E-state index in [9.17, 15) is 9.59 Å². The SMILES string of the molecule is CCOc1cc2c(cc1OCC)[C@H]1[C@H](C(=O)Nc3ccc(Br)cc3C)c3ccccc3C(=O)N1CC2. The third-order valence-corrected chi connectivity index (χ3v) is 7.41. The Morgan fingerprint density at radius 1 is 1.03 bits per heavy atom. The summed E-state index contributed by atoms with van der Waals surface area (Å²) in [5, 5.41) is 3.14. The third-order valence-electron chi connectivity index (χ3n) is 6.91. The van der Waals surface area contributed by atoms with Crippen LogP contribution in [0.5, 0.6) is 11.5 Å². The molecule has 0 radical (unpaired) electrons. The van der Waals surface area contributed by atoms with Gasteiger partial charge < -0.3 is 19.7 Å². The Morgan fingerprint density at radius 2 is 1.75 bits per heavy atom. The number of halogens is 1. The minimum Gasteiger partial charge on any atom is -0.490 e. The quantitative estimate of drug-likeness (QED) is 0.408. The minimum atomic E-state index is -0.576. The zero-order valence-electron chi connectivity index (χ0n) is 20.6. The molecule has 6 nitrogen and oxygen atoms in total. The number of hydrogen-bond acceptors (Lipinski definition) is 4. The van der Waals surface area contributed by atoms with Crippen LogP contribution in [0.2, 0.25) is 0 Å². The Morgan fingerprint density at radius 3 is 2.47 bits per heavy atom. The van der Waals surface area contributed by atoms with E-state index >= 15 is 0 Å². The van der Waals surface area contributed by atoms with Crippen molar-refractivity contribution in [3.05, 3.63) is 86.9 Å². The lowest BCUT2D eigenvalue weighted by Gasteiger charge is -2.45. The molecular weight excluding hydrogens is 520 g/mol. The molecule has 2 aliphatic rings. The van der Waals surface area contributed by atoms with Crippen molar-refractivity contribution in [3.8, 4) is 11.5 Å². The number of carbonyl (C=O) groups is 2. The highest BCUT2D eigenvalue weighted by Gasteiger charge is 2.46. The maximum atomic E-state index is 14.0. The van der Waals surface area contributed by atoms with Crippen LogP contribution in [0, 0.1) is 6.92 Å². The number of fused-ring (bicyclic) bond motifs is 4. The summed E-state index contributed by atoms with van der Waals surface area (Å²) in [6.45, 7) is 7.38. The fourth-order valence-electron chi connectivity index (χ4n) is 5.33. The first kappa shape index (κ1) is 24.4. The molecule has 0 saturated heterocycles. The van der Waals surface area contributed by atoms with Gasteiger partial charge in [-0.3, -0.25) is 9.59 Å². The first-order valence-electron chi connectivity index (χ1n) is 12.3. The fraction of sp³-hybridized carbons (Fsp3) is 0.310. The van der Waals surface area contributed by atoms with Crippen LogP contribution in [0.3, 0.4) is 0 Å². The van der Waals surface area contributed by atoms with Gasteiger partial charge in [0.25, 0.3) is 5.91 Å². The summed E-state index contributed by atoms with van der Waals surface area (Å²) in [6, 6.07) is 16.8. The van der Waals surface area contributed by atoms with Gasteiger partial charge in [0.05, 0.1) is 25.2 Å². The number of rotatable bonds is 6. The molecule has 2 atom stereocenters. The van der Waals surface area contributed by atoms with E-state index in [4.69, 9.17) is 9.47 Å². The lowest BCUT2D eigenvalue weighted by atomic mass is 9.75. The molecule has 1 N–H and O–H groups in total. The smallest absolute Gasteiger partial charge is 0.254 e. The monoisotopic (exact) mass is 548 g/mol. The maximum Gasteiger partial charge on any atom is 0.254 e. The van der Waals surface area contributed by atoms with Gasteiger partial charge in [-0.1, -0.05) is 34.1 Å². The summed E-state index contributed by atoms with van der Waals surface area (Å²) >= 11 is 3.49. The molecular formula is C29H29BrN2O4. The summed E-state index contributed by atoms with van der Waals surface area (Å²) < 4.78 is 12.7. The second-order valence-corrected chi connectivity index (χ2v) is 9.99. The van der Waals surface area contributed by atoms with Crippen molar-refractivity contribution < 1.29 is 19.1 Å². The Bertz CT molecular complexity index is 1340. The van der Waals surface area contributed by atoms with E-state index in [-0.39, 0.29) is 11.8 Å². The van der Waals surface area contributed by atoms with Crippen molar-refractivity contribution in [2.45, 2.75) is 39.2 Å². The van der Waals surface area contributed by atoms with Crippen molar-refractivity contribution >= 4 is 33.4 Å². The number of carbonyl (C=O) groups excluding carboxylic acids is 2. The molecule has 0 fully saturated rings. The van der Waals surface area contributed by atoms with Crippen LogP contribution >= 0.6 is 15.9 Å². The van der Waals surface area contributed by atoms with Gasteiger partial charge >= 0.3 is 0 Å². The zero-order chi connectivity index (χ0) is 25.4. The summed E-state index contributed by atoms with van der Waals surface area (Å²) in [5.74, 6) is 0.565. The van der Waals surface area contributed by atoms with Crippen LogP contribution < -0.4 is 14.8 Å². The summed E-state index contributed by atoms with van der Waals surface area (Å²) in [6.07, 6.45) is 0.687. The first-order valence-corrected chi connectivity index (χ1v) is 13.1. The molecule has 0 saturated carbocycles. The lowest BCUT2D eigenvalue weighted by Crippen LogP contribution is -2.49. The van der Waals surface area contributed by atoms with Gasteiger partial charge in [-0.2, -0.15) is 0 Å². The number of benzene rings is 3. The highest BCUT2D eigenvalue weighted by Crippen LogP contribution is 2.48. The van der Waals surface area contributed by atoms with Crippen LogP contribution in [0.25, 0.3) is 0 Å². The molecule has 2 amide bonds. The van der Waals surface area contributed by atoms with Crippen LogP contribution in [0.15, 0.2) is 59.1 Å². The summed E-state index contributed by atoms with van der Waals surface area (Å²) in [4.78, 5) is 29.4. The normalized spacial score (nSPS) is 18.1. The Labute approximate surface area is 219 Å². The molecule has 0 spiro atoms. The van der Waals surface area contributed by atoms with Gasteiger partial charge in [0.1, 0.15) is 0 Å². The molecule has 5 rings (SSSR count). The molecule has 2 aliphatic heterocycles. The third kappa shape index (κ3) is 4.26. The second kappa shape index (κ2) is 9.97. The first-order chi connectivity index (χ1) is 17.4. The van der Waals surface area contributed by atoms with Gasteiger partial charge in [0.15, 0.2) is 11.5 Å². The van der Waals surface area contributed by atoms with Crippen molar-refractivity contribution in [1.29, 1.82) is 0 Å². The van der Waals surface area contributed by atoms with Crippen molar-refractivity contribution in [3.63, 3.8) is 0 Å². The van der Waals surface area contributed by atoms with Gasteiger partial charge in [0, 0.05) is 22.3 Å². The number of ether oxygens (including phenoxy) is 2. The summed E-state index contributed by atoms with van der Waals surface area (Å²) in [7, 11) is 0. The van der Waals surface area contributed by atoms with E-state index < -0.39 is 12.0 Å². The van der Waals surface area contributed by atoms with Crippen molar-refractivity contribution in [2.75, 3.05) is 25.1 Å². The molecule has 2 heterocycles. The molecule has 0 unspecified atom stereocenters. The number of hydrogen-bond donors (Lipinski definition) is 1. The number of anilines is 1. The van der Waals surface area contributed by atoms with Crippen LogP contribution in [0.1, 0.15) is 58.4 Å². The molecule has 0 aliphatic carbocycles. The Hall–Kier alpha value is -3.32. The second-order valence-electron chi connectivity index (χ2n) is 9.07. The topological polar surface area (TPSA) is 67.9 Å². The average Bonchev–Trinajstić information content (AvgIpc) is 2.86. The van der Waals surface area contributed by atoms with Crippen molar-refractivity contribution in [2.24, 2.45) is 0 Å². The molecule has 0 bridgehead atoms. The standard InChI is InChI=1S/C29H29BrN2O4/c1-4-35-24-15-18-12-13-32-27(22(18)16-25(24)36-5-2)26(20-8-6-7-9-21(20)29(32)34)28(33)31-23-11-10-19(30)14-17(23)3/h6-11,14-16,26-27H,4-5,12-13H2,1-3H3,(H,31,33)/t26-,27+/m1/s1. The summed E-state index contributed by atoms with van der Waals surface area (Å²) in [5.41, 5.74) is 5.05. The van der Waals surface area contributed by atoms with Crippen LogP contribution in [0.4, 0.5) is 5.69 Å². The molecule has 7 heteroatoms. The number of nitrogens with zero attached hydrogens (tertiary/aromatic N) is 1. The predicted molar refractivity (Wildman–Crippen MR) is 143 cm³/mol. The van der Waals surface area contributed by atoms with E-state index in [1.165, 1.54) is 0 Å². The van der Waals surface area contributed by atoms with E-state index in [1.807, 2.05) is 80.3 Å². The van der Waals surface area contributed by atoms with E-state index in [0.717, 1.165) is 32.4 Å². The van der Waals surface area contributed by atoms with Crippen molar-refractivity contribution in [1.82, 2.24) is 4.90 Å². The molecule has 3 aromatic carbocycles. The van der Waals surface area contributed by atoms with Gasteiger partial charge in [0.2, 0.25) is 5.91 Å². The van der Waals surface area contributed by atoms with Gasteiger partial charge in [-0.25, -0.2) is 0 Å². The largest absolute Gasteiger partial charge is 0.490 e. The highest BCUT2D eigenvalue weighted by molar-refractivity contribution is 9.10. The van der Waals surface area contributed by atoms with E-state index in [0.29, 0.717) is 43.2 Å². The maximum absolute atomic E-state index is 14.0. The van der Waals surface area contributed by atoms with E-state index in [2.05, 4.69) is 21.2 Å². The zero-order valence-corrected chi connectivity index (χ0v) is 22.2. The van der Waals surface area contributed by atoms with Crippen LogP contribution in [-0.2, 0) is 11.2 Å². The highest BCUT2D eigenvalue weighted by atomic mass is 79.9. The molecule has 3 aromatic rings. The average molecular weight is 549 g/mol. The lowest BCUT2D eigenvalue weighted by molar-refractivity contribution is -0.119. The van der Waals surface area contributed by atoms with Gasteiger partial charge in [-0.05, 0) is 85.8 Å².